The number of benzene rings is 2. The second-order valence-corrected chi connectivity index (χ2v) is 13.5. The molecule has 0 saturated carbocycles. The molecular formula is C25H34O3Si. The second kappa shape index (κ2) is 8.56. The molecular weight excluding hydrogens is 376 g/mol. The molecule has 2 atom stereocenters. The van der Waals surface area contributed by atoms with E-state index in [2.05, 4.69) is 88.0 Å². The fourth-order valence-corrected chi connectivity index (χ4v) is 8.97. The number of hydrogen-bond donors (Lipinski definition) is 0. The second-order valence-electron chi connectivity index (χ2n) is 9.24. The van der Waals surface area contributed by atoms with Crippen molar-refractivity contribution >= 4 is 18.7 Å². The highest BCUT2D eigenvalue weighted by molar-refractivity contribution is 6.99. The molecule has 0 bridgehead atoms. The van der Waals surface area contributed by atoms with Gasteiger partial charge in [0.05, 0.1) is 18.8 Å². The summed E-state index contributed by atoms with van der Waals surface area (Å²) < 4.78 is 19.2. The minimum Gasteiger partial charge on any atom is -0.405 e. The van der Waals surface area contributed by atoms with Crippen molar-refractivity contribution in [1.82, 2.24) is 0 Å². The summed E-state index contributed by atoms with van der Waals surface area (Å²) in [5.41, 5.74) is 0. The Bertz CT molecular complexity index is 756. The maximum absolute atomic E-state index is 7.02. The summed E-state index contributed by atoms with van der Waals surface area (Å²) in [6.45, 7) is 15.2. The van der Waals surface area contributed by atoms with Crippen LogP contribution in [0.2, 0.25) is 5.04 Å². The molecule has 1 aliphatic heterocycles. The van der Waals surface area contributed by atoms with Crippen molar-refractivity contribution in [3.63, 3.8) is 0 Å². The van der Waals surface area contributed by atoms with Gasteiger partial charge in [0.15, 0.2) is 5.79 Å². The zero-order chi connectivity index (χ0) is 21.1. The molecule has 1 heterocycles. The van der Waals surface area contributed by atoms with Crippen LogP contribution >= 0.6 is 0 Å². The van der Waals surface area contributed by atoms with E-state index < -0.39 is 14.1 Å². The summed E-state index contributed by atoms with van der Waals surface area (Å²) in [5, 5.41) is 2.52. The average molecular weight is 411 g/mol. The SMILES string of the molecule is C=C[C@H]1C[C@@H](CO[Si](c2ccccc2)(c2ccccc2)C(C)(C)C)OC(C)(C)O1. The van der Waals surface area contributed by atoms with Crippen molar-refractivity contribution < 1.29 is 13.9 Å². The maximum Gasteiger partial charge on any atom is 0.261 e. The zero-order valence-corrected chi connectivity index (χ0v) is 19.4. The van der Waals surface area contributed by atoms with Crippen LogP contribution in [-0.2, 0) is 13.9 Å². The van der Waals surface area contributed by atoms with E-state index in [1.54, 1.807) is 0 Å². The topological polar surface area (TPSA) is 27.7 Å². The van der Waals surface area contributed by atoms with Gasteiger partial charge in [-0.2, -0.15) is 0 Å². The molecule has 1 saturated heterocycles. The lowest BCUT2D eigenvalue weighted by atomic mass is 10.1. The normalized spacial score (nSPS) is 22.2. The van der Waals surface area contributed by atoms with Crippen LogP contribution in [0.5, 0.6) is 0 Å². The highest BCUT2D eigenvalue weighted by Gasteiger charge is 2.50. The Kier molecular flexibility index (Phi) is 6.49. The minimum atomic E-state index is -2.56. The Morgan fingerprint density at radius 3 is 1.97 bits per heavy atom. The van der Waals surface area contributed by atoms with E-state index >= 15 is 0 Å². The van der Waals surface area contributed by atoms with Crippen LogP contribution in [0.1, 0.15) is 41.0 Å². The fourth-order valence-electron chi connectivity index (χ4n) is 4.37. The molecule has 3 rings (SSSR count). The van der Waals surface area contributed by atoms with Crippen molar-refractivity contribution in [3.8, 4) is 0 Å². The average Bonchev–Trinajstić information content (AvgIpc) is 2.68. The largest absolute Gasteiger partial charge is 0.405 e. The molecule has 0 unspecified atom stereocenters. The van der Waals surface area contributed by atoms with Gasteiger partial charge in [-0.3, -0.25) is 0 Å². The van der Waals surface area contributed by atoms with Crippen LogP contribution < -0.4 is 10.4 Å². The molecule has 0 amide bonds. The van der Waals surface area contributed by atoms with Gasteiger partial charge in [0.25, 0.3) is 8.32 Å². The Morgan fingerprint density at radius 1 is 1.00 bits per heavy atom. The number of rotatable bonds is 6. The lowest BCUT2D eigenvalue weighted by molar-refractivity contribution is -0.293. The predicted octanol–water partition coefficient (Wildman–Crippen LogP) is 4.66. The smallest absolute Gasteiger partial charge is 0.261 e. The third-order valence-electron chi connectivity index (χ3n) is 5.55. The van der Waals surface area contributed by atoms with Crippen LogP contribution in [0.15, 0.2) is 73.3 Å². The molecule has 1 aliphatic rings. The summed E-state index contributed by atoms with van der Waals surface area (Å²) >= 11 is 0. The minimum absolute atomic E-state index is 0.0218. The summed E-state index contributed by atoms with van der Waals surface area (Å²) in [6, 6.07) is 21.4. The van der Waals surface area contributed by atoms with Crippen molar-refractivity contribution in [2.45, 2.75) is 64.1 Å². The third-order valence-corrected chi connectivity index (χ3v) is 10.6. The van der Waals surface area contributed by atoms with E-state index in [1.165, 1.54) is 10.4 Å². The van der Waals surface area contributed by atoms with Gasteiger partial charge in [-0.05, 0) is 29.3 Å². The van der Waals surface area contributed by atoms with Crippen molar-refractivity contribution in [1.29, 1.82) is 0 Å². The van der Waals surface area contributed by atoms with E-state index in [0.29, 0.717) is 6.61 Å². The molecule has 0 radical (unpaired) electrons. The Hall–Kier alpha value is -1.72. The van der Waals surface area contributed by atoms with Gasteiger partial charge in [-0.15, -0.1) is 6.58 Å². The molecule has 156 valence electrons. The molecule has 2 aromatic carbocycles. The predicted molar refractivity (Wildman–Crippen MR) is 122 cm³/mol. The van der Waals surface area contributed by atoms with Crippen molar-refractivity contribution in [2.75, 3.05) is 6.61 Å². The molecule has 29 heavy (non-hydrogen) atoms. The Labute approximate surface area is 176 Å². The highest BCUT2D eigenvalue weighted by Crippen LogP contribution is 2.37. The zero-order valence-electron chi connectivity index (χ0n) is 18.4. The first-order valence-corrected chi connectivity index (χ1v) is 12.3. The summed E-state index contributed by atoms with van der Waals surface area (Å²) in [7, 11) is -2.56. The van der Waals surface area contributed by atoms with Crippen LogP contribution in [0.3, 0.4) is 0 Å². The Morgan fingerprint density at radius 2 is 1.52 bits per heavy atom. The van der Waals surface area contributed by atoms with E-state index in [9.17, 15) is 0 Å². The van der Waals surface area contributed by atoms with Gasteiger partial charge < -0.3 is 13.9 Å². The highest BCUT2D eigenvalue weighted by atomic mass is 28.4. The van der Waals surface area contributed by atoms with Gasteiger partial charge in [-0.1, -0.05) is 87.5 Å². The molecule has 0 spiro atoms. The summed E-state index contributed by atoms with van der Waals surface area (Å²) in [6.07, 6.45) is 2.56. The van der Waals surface area contributed by atoms with E-state index in [0.717, 1.165) is 6.42 Å². The molecule has 4 heteroatoms. The van der Waals surface area contributed by atoms with Crippen molar-refractivity contribution in [2.24, 2.45) is 0 Å². The molecule has 1 fully saturated rings. The van der Waals surface area contributed by atoms with Gasteiger partial charge >= 0.3 is 0 Å². The lowest BCUT2D eigenvalue weighted by Crippen LogP contribution is -2.67. The van der Waals surface area contributed by atoms with E-state index in [-0.39, 0.29) is 17.2 Å². The molecule has 0 aromatic heterocycles. The van der Waals surface area contributed by atoms with Crippen LogP contribution in [0, 0.1) is 0 Å². The lowest BCUT2D eigenvalue weighted by Gasteiger charge is -2.45. The van der Waals surface area contributed by atoms with Crippen LogP contribution in [-0.4, -0.2) is 32.9 Å². The first-order chi connectivity index (χ1) is 13.7. The van der Waals surface area contributed by atoms with Gasteiger partial charge in [0.2, 0.25) is 0 Å². The van der Waals surface area contributed by atoms with Gasteiger partial charge in [0.1, 0.15) is 0 Å². The van der Waals surface area contributed by atoms with E-state index in [1.807, 2.05) is 19.9 Å². The monoisotopic (exact) mass is 410 g/mol. The standard InChI is InChI=1S/C25H34O3Si/c1-7-20-18-21(28-25(5,6)27-20)19-26-29(24(2,3)4,22-14-10-8-11-15-22)23-16-12-9-13-17-23/h7-17,20-21H,1,18-19H2,2-6H3/t20-,21-/m0/s1. The first kappa shape index (κ1) is 22.0. The maximum atomic E-state index is 7.02. The fraction of sp³-hybridized carbons (Fsp3) is 0.440. The van der Waals surface area contributed by atoms with E-state index in [4.69, 9.17) is 13.9 Å². The third kappa shape index (κ3) is 4.72. The molecule has 0 N–H and O–H groups in total. The van der Waals surface area contributed by atoms with Crippen molar-refractivity contribution in [3.05, 3.63) is 73.3 Å². The number of hydrogen-bond acceptors (Lipinski definition) is 3. The molecule has 3 nitrogen and oxygen atoms in total. The van der Waals surface area contributed by atoms with Crippen LogP contribution in [0.25, 0.3) is 0 Å². The first-order valence-electron chi connectivity index (χ1n) is 10.4. The molecule has 0 aliphatic carbocycles. The van der Waals surface area contributed by atoms with Gasteiger partial charge in [0, 0.05) is 6.42 Å². The number of ether oxygens (including phenoxy) is 2. The quantitative estimate of drug-likeness (QED) is 0.512. The van der Waals surface area contributed by atoms with Crippen LogP contribution in [0.4, 0.5) is 0 Å². The molecule has 2 aromatic rings. The summed E-state index contributed by atoms with van der Waals surface area (Å²) in [5.74, 6) is -0.642. The Balaban J connectivity index is 1.99. The summed E-state index contributed by atoms with van der Waals surface area (Å²) in [4.78, 5) is 0. The van der Waals surface area contributed by atoms with Gasteiger partial charge in [-0.25, -0.2) is 0 Å².